The standard InChI is InChI=1S/C17H17ClF3N5O2/c18-14-11(2-1-3-12(14)17(19,20)21)15(27)25-4-5-26-13(10-25)22-23-16(26)24-6-8-28-9-7-24/h1-3H,4-10H2. The summed E-state index contributed by atoms with van der Waals surface area (Å²) in [5.41, 5.74) is -1.19. The van der Waals surface area contributed by atoms with Crippen LogP contribution in [0, 0.1) is 0 Å². The van der Waals surface area contributed by atoms with Crippen molar-refractivity contribution in [2.75, 3.05) is 37.7 Å². The number of anilines is 1. The normalized spacial score (nSPS) is 17.6. The molecule has 0 unspecified atom stereocenters. The largest absolute Gasteiger partial charge is 0.417 e. The summed E-state index contributed by atoms with van der Waals surface area (Å²) in [6, 6.07) is 3.35. The maximum atomic E-state index is 13.1. The van der Waals surface area contributed by atoms with Crippen molar-refractivity contribution in [3.63, 3.8) is 0 Å². The predicted octanol–water partition coefficient (Wildman–Crippen LogP) is 2.44. The Morgan fingerprint density at radius 1 is 1.11 bits per heavy atom. The molecular weight excluding hydrogens is 399 g/mol. The molecule has 11 heteroatoms. The van der Waals surface area contributed by atoms with Crippen molar-refractivity contribution in [3.05, 3.63) is 40.2 Å². The molecule has 7 nitrogen and oxygen atoms in total. The second-order valence-corrected chi connectivity index (χ2v) is 6.94. The minimum atomic E-state index is -4.62. The first kappa shape index (κ1) is 19.0. The third-order valence-electron chi connectivity index (χ3n) is 4.85. The number of hydrogen-bond acceptors (Lipinski definition) is 5. The average molecular weight is 416 g/mol. The number of benzene rings is 1. The lowest BCUT2D eigenvalue weighted by atomic mass is 10.1. The van der Waals surface area contributed by atoms with Gasteiger partial charge in [-0.05, 0) is 12.1 Å². The van der Waals surface area contributed by atoms with Crippen LogP contribution < -0.4 is 4.90 Å². The molecule has 1 fully saturated rings. The van der Waals surface area contributed by atoms with E-state index in [0.29, 0.717) is 45.2 Å². The van der Waals surface area contributed by atoms with Gasteiger partial charge in [0.25, 0.3) is 5.91 Å². The first-order valence-corrected chi connectivity index (χ1v) is 9.14. The van der Waals surface area contributed by atoms with Gasteiger partial charge >= 0.3 is 6.18 Å². The number of carbonyl (C=O) groups excluding carboxylic acids is 1. The number of amides is 1. The van der Waals surface area contributed by atoms with Crippen LogP contribution in [0.25, 0.3) is 0 Å². The maximum Gasteiger partial charge on any atom is 0.417 e. The molecule has 1 saturated heterocycles. The molecule has 0 saturated carbocycles. The van der Waals surface area contributed by atoms with E-state index >= 15 is 0 Å². The van der Waals surface area contributed by atoms with E-state index in [9.17, 15) is 18.0 Å². The maximum absolute atomic E-state index is 13.1. The Bertz CT molecular complexity index is 895. The summed E-state index contributed by atoms with van der Waals surface area (Å²) in [4.78, 5) is 16.3. The second kappa shape index (κ2) is 7.25. The van der Waals surface area contributed by atoms with Gasteiger partial charge in [-0.25, -0.2) is 0 Å². The Balaban J connectivity index is 1.55. The van der Waals surface area contributed by atoms with Gasteiger partial charge < -0.3 is 14.5 Å². The van der Waals surface area contributed by atoms with E-state index in [1.165, 1.54) is 17.0 Å². The number of rotatable bonds is 2. The predicted molar refractivity (Wildman–Crippen MR) is 94.2 cm³/mol. The van der Waals surface area contributed by atoms with Crippen LogP contribution in [-0.4, -0.2) is 58.4 Å². The Morgan fingerprint density at radius 3 is 2.57 bits per heavy atom. The topological polar surface area (TPSA) is 63.5 Å². The molecule has 2 aromatic rings. The van der Waals surface area contributed by atoms with Gasteiger partial charge in [0.2, 0.25) is 5.95 Å². The molecule has 28 heavy (non-hydrogen) atoms. The molecule has 0 aliphatic carbocycles. The zero-order valence-electron chi connectivity index (χ0n) is 14.7. The number of aromatic nitrogens is 3. The van der Waals surface area contributed by atoms with Gasteiger partial charge in [-0.1, -0.05) is 17.7 Å². The summed E-state index contributed by atoms with van der Waals surface area (Å²) < 4.78 is 46.5. The monoisotopic (exact) mass is 415 g/mol. The first-order valence-electron chi connectivity index (χ1n) is 8.76. The fourth-order valence-corrected chi connectivity index (χ4v) is 3.71. The Morgan fingerprint density at radius 2 is 1.86 bits per heavy atom. The lowest BCUT2D eigenvalue weighted by molar-refractivity contribution is -0.137. The molecule has 1 aromatic heterocycles. The molecule has 0 N–H and O–H groups in total. The van der Waals surface area contributed by atoms with E-state index < -0.39 is 22.7 Å². The van der Waals surface area contributed by atoms with Crippen molar-refractivity contribution in [1.29, 1.82) is 0 Å². The highest BCUT2D eigenvalue weighted by Gasteiger charge is 2.36. The lowest BCUT2D eigenvalue weighted by Gasteiger charge is -2.31. The highest BCUT2D eigenvalue weighted by molar-refractivity contribution is 6.34. The van der Waals surface area contributed by atoms with E-state index in [2.05, 4.69) is 15.1 Å². The summed E-state index contributed by atoms with van der Waals surface area (Å²) in [6.45, 7) is 3.58. The molecule has 4 rings (SSSR count). The number of fused-ring (bicyclic) bond motifs is 1. The SMILES string of the molecule is O=C(c1cccc(C(F)(F)F)c1Cl)N1CCn2c(nnc2N2CCOCC2)C1. The van der Waals surface area contributed by atoms with Crippen molar-refractivity contribution < 1.29 is 22.7 Å². The Labute approximate surface area is 163 Å². The number of morpholine rings is 1. The highest BCUT2D eigenvalue weighted by Crippen LogP contribution is 2.36. The number of ether oxygens (including phenoxy) is 1. The fraction of sp³-hybridized carbons (Fsp3) is 0.471. The summed E-state index contributed by atoms with van der Waals surface area (Å²) in [5.74, 6) is 0.755. The van der Waals surface area contributed by atoms with E-state index in [1.54, 1.807) is 0 Å². The summed E-state index contributed by atoms with van der Waals surface area (Å²) in [7, 11) is 0. The van der Waals surface area contributed by atoms with Crippen LogP contribution in [0.3, 0.4) is 0 Å². The molecule has 3 heterocycles. The molecule has 0 atom stereocenters. The Hall–Kier alpha value is -2.33. The smallest absolute Gasteiger partial charge is 0.378 e. The van der Waals surface area contributed by atoms with Crippen LogP contribution in [0.1, 0.15) is 21.7 Å². The molecule has 0 bridgehead atoms. The highest BCUT2D eigenvalue weighted by atomic mass is 35.5. The van der Waals surface area contributed by atoms with Crippen LogP contribution in [-0.2, 0) is 24.0 Å². The molecule has 0 spiro atoms. The van der Waals surface area contributed by atoms with E-state index in [1.807, 2.05) is 4.57 Å². The van der Waals surface area contributed by atoms with Crippen LogP contribution in [0.5, 0.6) is 0 Å². The zero-order valence-corrected chi connectivity index (χ0v) is 15.5. The third-order valence-corrected chi connectivity index (χ3v) is 5.26. The van der Waals surface area contributed by atoms with Crippen LogP contribution in [0.4, 0.5) is 19.1 Å². The van der Waals surface area contributed by atoms with E-state index in [0.717, 1.165) is 12.0 Å². The lowest BCUT2D eigenvalue weighted by Crippen LogP contribution is -2.41. The number of alkyl halides is 3. The number of nitrogens with zero attached hydrogens (tertiary/aromatic N) is 5. The van der Waals surface area contributed by atoms with E-state index in [-0.39, 0.29) is 12.1 Å². The average Bonchev–Trinajstić information content (AvgIpc) is 3.10. The fourth-order valence-electron chi connectivity index (χ4n) is 3.40. The minimum absolute atomic E-state index is 0.156. The second-order valence-electron chi connectivity index (χ2n) is 6.56. The van der Waals surface area contributed by atoms with Gasteiger partial charge in [0.15, 0.2) is 5.82 Å². The summed E-state index contributed by atoms with van der Waals surface area (Å²) >= 11 is 5.89. The van der Waals surface area contributed by atoms with Gasteiger partial charge in [0, 0.05) is 26.2 Å². The van der Waals surface area contributed by atoms with Crippen LogP contribution >= 0.6 is 11.6 Å². The Kier molecular flexibility index (Phi) is 4.92. The molecule has 1 amide bonds. The minimum Gasteiger partial charge on any atom is -0.378 e. The van der Waals surface area contributed by atoms with Crippen molar-refractivity contribution in [2.45, 2.75) is 19.3 Å². The molecule has 0 radical (unpaired) electrons. The molecular formula is C17H17ClF3N5O2. The van der Waals surface area contributed by atoms with E-state index in [4.69, 9.17) is 16.3 Å². The van der Waals surface area contributed by atoms with Crippen LogP contribution in [0.15, 0.2) is 18.2 Å². The van der Waals surface area contributed by atoms with Crippen molar-refractivity contribution >= 4 is 23.5 Å². The number of halogens is 4. The van der Waals surface area contributed by atoms with Gasteiger partial charge in [-0.3, -0.25) is 9.36 Å². The van der Waals surface area contributed by atoms with Crippen molar-refractivity contribution in [2.24, 2.45) is 0 Å². The zero-order chi connectivity index (χ0) is 19.9. The molecule has 2 aliphatic heterocycles. The molecule has 1 aromatic carbocycles. The van der Waals surface area contributed by atoms with Gasteiger partial charge in [-0.2, -0.15) is 13.2 Å². The quantitative estimate of drug-likeness (QED) is 0.754. The summed E-state index contributed by atoms with van der Waals surface area (Å²) in [5, 5.41) is 7.80. The van der Waals surface area contributed by atoms with Crippen molar-refractivity contribution in [3.8, 4) is 0 Å². The molecule has 150 valence electrons. The van der Waals surface area contributed by atoms with Gasteiger partial charge in [-0.15, -0.1) is 10.2 Å². The van der Waals surface area contributed by atoms with Gasteiger partial charge in [0.05, 0.1) is 35.9 Å². The summed E-state index contributed by atoms with van der Waals surface area (Å²) in [6.07, 6.45) is -4.62. The number of carbonyl (C=O) groups is 1. The van der Waals surface area contributed by atoms with Crippen LogP contribution in [0.2, 0.25) is 5.02 Å². The number of hydrogen-bond donors (Lipinski definition) is 0. The first-order chi connectivity index (χ1) is 13.4. The van der Waals surface area contributed by atoms with Crippen molar-refractivity contribution in [1.82, 2.24) is 19.7 Å². The third kappa shape index (κ3) is 3.42. The van der Waals surface area contributed by atoms with Gasteiger partial charge in [0.1, 0.15) is 0 Å². The molecule has 2 aliphatic rings.